The molecule has 0 radical (unpaired) electrons. The van der Waals surface area contributed by atoms with Gasteiger partial charge in [0.2, 0.25) is 5.91 Å². The molecule has 0 aromatic carbocycles. The molecule has 5 nitrogen and oxygen atoms in total. The van der Waals surface area contributed by atoms with E-state index in [2.05, 4.69) is 10.2 Å². The Morgan fingerprint density at radius 2 is 2.00 bits per heavy atom. The van der Waals surface area contributed by atoms with E-state index < -0.39 is 0 Å². The van der Waals surface area contributed by atoms with Crippen LogP contribution in [0.3, 0.4) is 0 Å². The van der Waals surface area contributed by atoms with Gasteiger partial charge in [-0.2, -0.15) is 0 Å². The summed E-state index contributed by atoms with van der Waals surface area (Å²) >= 11 is 0. The highest BCUT2D eigenvalue weighted by Gasteiger charge is 2.24. The van der Waals surface area contributed by atoms with Crippen molar-refractivity contribution in [3.05, 3.63) is 21.6 Å². The van der Waals surface area contributed by atoms with E-state index in [-0.39, 0.29) is 11.5 Å². The molecular formula is C15H23N3O2. The Labute approximate surface area is 118 Å². The average Bonchev–Trinajstić information content (AvgIpc) is 2.87. The topological polar surface area (TPSA) is 69.0 Å². The number of aromatic nitrogens is 2. The minimum absolute atomic E-state index is 0.0331. The maximum Gasteiger partial charge on any atom is 0.267 e. The summed E-state index contributed by atoms with van der Waals surface area (Å²) in [5, 5.41) is 5.49. The maximum atomic E-state index is 12.3. The van der Waals surface area contributed by atoms with Crippen LogP contribution >= 0.6 is 0 Å². The highest BCUT2D eigenvalue weighted by atomic mass is 16.2. The van der Waals surface area contributed by atoms with E-state index in [0.29, 0.717) is 25.9 Å². The Morgan fingerprint density at radius 1 is 1.20 bits per heavy atom. The van der Waals surface area contributed by atoms with Crippen LogP contribution < -0.4 is 5.56 Å². The molecule has 2 aliphatic rings. The Kier molecular flexibility index (Phi) is 3.94. The maximum absolute atomic E-state index is 12.3. The van der Waals surface area contributed by atoms with Crippen LogP contribution in [0.25, 0.3) is 0 Å². The van der Waals surface area contributed by atoms with Crippen LogP contribution in [0.2, 0.25) is 0 Å². The molecule has 1 saturated carbocycles. The van der Waals surface area contributed by atoms with Crippen LogP contribution in [-0.2, 0) is 17.8 Å². The van der Waals surface area contributed by atoms with E-state index in [4.69, 9.17) is 0 Å². The number of H-pyrrole nitrogens is 2. The second kappa shape index (κ2) is 5.85. The largest absolute Gasteiger partial charge is 0.336 e. The number of rotatable bonds is 3. The Bertz CT molecular complexity index is 525. The Morgan fingerprint density at radius 3 is 2.80 bits per heavy atom. The van der Waals surface area contributed by atoms with Crippen LogP contribution in [0.15, 0.2) is 4.79 Å². The Hall–Kier alpha value is -1.52. The van der Waals surface area contributed by atoms with Crippen LogP contribution in [0.1, 0.15) is 56.2 Å². The average molecular weight is 277 g/mol. The van der Waals surface area contributed by atoms with Gasteiger partial charge in [-0.1, -0.05) is 32.1 Å². The summed E-state index contributed by atoms with van der Waals surface area (Å²) in [5.74, 6) is 0.989. The highest BCUT2D eigenvalue weighted by molar-refractivity contribution is 5.76. The first-order valence-electron chi connectivity index (χ1n) is 7.80. The third kappa shape index (κ3) is 2.81. The number of carbonyl (C=O) groups is 1. The predicted octanol–water partition coefficient (Wildman–Crippen LogP) is 1.95. The molecule has 0 bridgehead atoms. The zero-order chi connectivity index (χ0) is 13.9. The van der Waals surface area contributed by atoms with Crippen LogP contribution in [0.4, 0.5) is 0 Å². The highest BCUT2D eigenvalue weighted by Crippen LogP contribution is 2.27. The summed E-state index contributed by atoms with van der Waals surface area (Å²) in [5.41, 5.74) is 1.67. The number of amides is 1. The van der Waals surface area contributed by atoms with E-state index in [1.165, 1.54) is 32.1 Å². The third-order valence-electron chi connectivity index (χ3n) is 4.79. The first-order chi connectivity index (χ1) is 9.74. The quantitative estimate of drug-likeness (QED) is 0.886. The number of aromatic amines is 2. The first kappa shape index (κ1) is 13.5. The lowest BCUT2D eigenvalue weighted by molar-refractivity contribution is -0.132. The smallest absolute Gasteiger partial charge is 0.267 e. The fraction of sp³-hybridized carbons (Fsp3) is 0.733. The van der Waals surface area contributed by atoms with Crippen molar-refractivity contribution in [3.63, 3.8) is 0 Å². The van der Waals surface area contributed by atoms with Crippen molar-refractivity contribution in [1.29, 1.82) is 0 Å². The van der Waals surface area contributed by atoms with E-state index >= 15 is 0 Å². The molecule has 3 rings (SSSR count). The van der Waals surface area contributed by atoms with Crippen molar-refractivity contribution < 1.29 is 4.79 Å². The summed E-state index contributed by atoms with van der Waals surface area (Å²) in [6.45, 7) is 1.23. The number of nitrogens with one attached hydrogen (secondary N) is 2. The normalized spacial score (nSPS) is 19.9. The molecule has 5 heteroatoms. The predicted molar refractivity (Wildman–Crippen MR) is 76.3 cm³/mol. The lowest BCUT2D eigenvalue weighted by atomic mass is 9.86. The summed E-state index contributed by atoms with van der Waals surface area (Å²) in [6.07, 6.45) is 8.97. The first-order valence-corrected chi connectivity index (χ1v) is 7.80. The molecule has 1 aliphatic carbocycles. The zero-order valence-electron chi connectivity index (χ0n) is 11.9. The molecule has 1 aromatic heterocycles. The van der Waals surface area contributed by atoms with Crippen LogP contribution in [0, 0.1) is 5.92 Å². The van der Waals surface area contributed by atoms with Crippen molar-refractivity contribution >= 4 is 5.91 Å². The van der Waals surface area contributed by atoms with Gasteiger partial charge in [0.25, 0.3) is 5.56 Å². The molecule has 0 saturated heterocycles. The molecule has 110 valence electrons. The summed E-state index contributed by atoms with van der Waals surface area (Å²) < 4.78 is 0. The zero-order valence-corrected chi connectivity index (χ0v) is 11.9. The fourth-order valence-electron chi connectivity index (χ4n) is 3.51. The molecule has 0 unspecified atom stereocenters. The van der Waals surface area contributed by atoms with Gasteiger partial charge in [0.05, 0.1) is 12.2 Å². The molecule has 2 heterocycles. The van der Waals surface area contributed by atoms with Crippen molar-refractivity contribution in [2.24, 2.45) is 5.92 Å². The number of hydrogen-bond acceptors (Lipinski definition) is 2. The van der Waals surface area contributed by atoms with Gasteiger partial charge < -0.3 is 10.00 Å². The van der Waals surface area contributed by atoms with Crippen LogP contribution in [0.5, 0.6) is 0 Å². The number of nitrogens with zero attached hydrogens (tertiary/aromatic N) is 1. The van der Waals surface area contributed by atoms with Gasteiger partial charge in [0.1, 0.15) is 0 Å². The second-order valence-corrected chi connectivity index (χ2v) is 6.14. The molecule has 1 aromatic rings. The minimum atomic E-state index is -0.0331. The van der Waals surface area contributed by atoms with Gasteiger partial charge in [-0.05, 0) is 18.8 Å². The van der Waals surface area contributed by atoms with Gasteiger partial charge >= 0.3 is 0 Å². The van der Waals surface area contributed by atoms with E-state index in [0.717, 1.165) is 23.6 Å². The van der Waals surface area contributed by atoms with E-state index in [1.54, 1.807) is 0 Å². The van der Waals surface area contributed by atoms with Crippen LogP contribution in [-0.4, -0.2) is 27.5 Å². The van der Waals surface area contributed by atoms with Gasteiger partial charge in [-0.3, -0.25) is 14.7 Å². The van der Waals surface area contributed by atoms with Crippen molar-refractivity contribution in [2.45, 2.75) is 57.9 Å². The number of carbonyl (C=O) groups excluding carboxylic acids is 1. The summed E-state index contributed by atoms with van der Waals surface area (Å²) in [4.78, 5) is 25.6. The van der Waals surface area contributed by atoms with Gasteiger partial charge in [0.15, 0.2) is 0 Å². The lowest BCUT2D eigenvalue weighted by Crippen LogP contribution is -2.37. The molecule has 2 N–H and O–H groups in total. The molecule has 1 amide bonds. The number of hydrogen-bond donors (Lipinski definition) is 2. The SMILES string of the molecule is O=C(CCC1CCCCC1)N1CCc2c([nH][nH]c2=O)C1. The number of fused-ring (bicyclic) bond motifs is 1. The molecule has 1 aliphatic heterocycles. The minimum Gasteiger partial charge on any atom is -0.336 e. The monoisotopic (exact) mass is 277 g/mol. The van der Waals surface area contributed by atoms with Crippen molar-refractivity contribution in [1.82, 2.24) is 15.1 Å². The molecule has 20 heavy (non-hydrogen) atoms. The fourth-order valence-corrected chi connectivity index (χ4v) is 3.51. The standard InChI is InChI=1S/C15H23N3O2/c19-14(7-6-11-4-2-1-3-5-11)18-9-8-12-13(10-18)16-17-15(12)20/h11H,1-10H2,(H2,16,17,20). The lowest BCUT2D eigenvalue weighted by Gasteiger charge is -2.27. The third-order valence-corrected chi connectivity index (χ3v) is 4.79. The summed E-state index contributed by atoms with van der Waals surface area (Å²) in [7, 11) is 0. The van der Waals surface area contributed by atoms with Crippen molar-refractivity contribution in [3.8, 4) is 0 Å². The molecule has 0 spiro atoms. The van der Waals surface area contributed by atoms with Gasteiger partial charge in [-0.25, -0.2) is 0 Å². The summed E-state index contributed by atoms with van der Waals surface area (Å²) in [6, 6.07) is 0. The van der Waals surface area contributed by atoms with Gasteiger partial charge in [0, 0.05) is 18.5 Å². The second-order valence-electron chi connectivity index (χ2n) is 6.14. The molecule has 1 fully saturated rings. The Balaban J connectivity index is 1.52. The van der Waals surface area contributed by atoms with Crippen molar-refractivity contribution in [2.75, 3.05) is 6.54 Å². The molecule has 0 atom stereocenters. The van der Waals surface area contributed by atoms with E-state index in [9.17, 15) is 9.59 Å². The van der Waals surface area contributed by atoms with E-state index in [1.807, 2.05) is 4.90 Å². The molecular weight excluding hydrogens is 254 g/mol. The van der Waals surface area contributed by atoms with Gasteiger partial charge in [-0.15, -0.1) is 0 Å².